The quantitative estimate of drug-likeness (QED) is 0.254. The van der Waals surface area contributed by atoms with Crippen molar-refractivity contribution < 1.29 is 29.5 Å². The molecule has 0 aromatic rings. The first-order valence-corrected chi connectivity index (χ1v) is 3.59. The Morgan fingerprint density at radius 3 is 2.75 bits per heavy atom. The fourth-order valence-corrected chi connectivity index (χ4v) is 1.35. The number of carboxylic acid groups (broad SMARTS) is 1. The SMILES string of the molecule is O=C(O)[C@@H]1C[C@H](O)[C@H](O)[C@@H]2O[O+]12. The van der Waals surface area contributed by atoms with Crippen molar-refractivity contribution >= 4 is 5.97 Å². The van der Waals surface area contributed by atoms with E-state index in [0.717, 1.165) is 0 Å². The zero-order valence-corrected chi connectivity index (χ0v) is 6.08. The molecule has 2 aliphatic rings. The second-order valence-corrected chi connectivity index (χ2v) is 2.91. The van der Waals surface area contributed by atoms with E-state index in [1.807, 2.05) is 4.52 Å². The Hall–Kier alpha value is -0.690. The fourth-order valence-electron chi connectivity index (χ4n) is 1.35. The highest BCUT2D eigenvalue weighted by Gasteiger charge is 2.67. The topological polar surface area (TPSA) is 93.0 Å². The van der Waals surface area contributed by atoms with Gasteiger partial charge in [0.15, 0.2) is 6.10 Å². The average molecular weight is 177 g/mol. The lowest BCUT2D eigenvalue weighted by atomic mass is 10.0. The van der Waals surface area contributed by atoms with Crippen LogP contribution in [0.2, 0.25) is 0 Å². The van der Waals surface area contributed by atoms with Crippen LogP contribution in [0.15, 0.2) is 0 Å². The van der Waals surface area contributed by atoms with E-state index >= 15 is 0 Å². The Bertz CT molecular complexity index is 214. The second kappa shape index (κ2) is 2.40. The van der Waals surface area contributed by atoms with E-state index in [2.05, 4.69) is 0 Å². The van der Waals surface area contributed by atoms with Gasteiger partial charge in [-0.15, -0.1) is 0 Å². The van der Waals surface area contributed by atoms with E-state index in [1.54, 1.807) is 0 Å². The molecule has 0 amide bonds. The zero-order valence-electron chi connectivity index (χ0n) is 6.08. The molecule has 3 N–H and O–H groups in total. The van der Waals surface area contributed by atoms with Gasteiger partial charge in [-0.05, 0) is 4.89 Å². The molecule has 0 bridgehead atoms. The number of aliphatic hydroxyl groups is 2. The Labute approximate surface area is 67.6 Å². The minimum Gasteiger partial charge on any atom is -0.475 e. The molecule has 2 heterocycles. The maximum atomic E-state index is 10.5. The molecular formula is C6H9O6+. The zero-order chi connectivity index (χ0) is 8.88. The Kier molecular flexibility index (Phi) is 1.58. The third-order valence-electron chi connectivity index (χ3n) is 2.08. The van der Waals surface area contributed by atoms with Crippen molar-refractivity contribution in [3.8, 4) is 0 Å². The molecule has 0 aromatic carbocycles. The highest BCUT2D eigenvalue weighted by Crippen LogP contribution is 2.41. The third kappa shape index (κ3) is 1.00. The molecule has 6 heteroatoms. The molecule has 0 radical (unpaired) electrons. The first kappa shape index (κ1) is 7.93. The number of hydrogen-bond donors (Lipinski definition) is 3. The van der Waals surface area contributed by atoms with Crippen LogP contribution >= 0.6 is 0 Å². The maximum absolute atomic E-state index is 10.5. The summed E-state index contributed by atoms with van der Waals surface area (Å²) in [5.41, 5.74) is 0. The number of carbonyl (C=O) groups is 1. The predicted octanol–water partition coefficient (Wildman–Crippen LogP) is -1.61. The molecular weight excluding hydrogens is 168 g/mol. The Morgan fingerprint density at radius 2 is 2.17 bits per heavy atom. The van der Waals surface area contributed by atoms with Crippen LogP contribution in [0.4, 0.5) is 0 Å². The summed E-state index contributed by atoms with van der Waals surface area (Å²) < 4.78 is 1.99. The molecule has 68 valence electrons. The summed E-state index contributed by atoms with van der Waals surface area (Å²) in [7, 11) is 0. The van der Waals surface area contributed by atoms with Crippen LogP contribution < -0.4 is 0 Å². The average Bonchev–Trinajstić information content (AvgIpc) is 2.75. The normalized spacial score (nSPS) is 46.8. The van der Waals surface area contributed by atoms with Crippen molar-refractivity contribution in [2.24, 2.45) is 0 Å². The second-order valence-electron chi connectivity index (χ2n) is 2.91. The Balaban J connectivity index is 2.08. The standard InChI is InChI=1S/C6H8O6/c7-2-1-3(5(9)10)12-6(11-12)4(2)8/h2-4,6-8H,1H2/p+1/t2-,3-,4-,6+/m0/s1. The van der Waals surface area contributed by atoms with Crippen LogP contribution in [0.1, 0.15) is 6.42 Å². The molecule has 2 rings (SSSR count). The van der Waals surface area contributed by atoms with Crippen LogP contribution in [-0.4, -0.2) is 45.9 Å². The smallest absolute Gasteiger partial charge is 0.399 e. The van der Waals surface area contributed by atoms with Gasteiger partial charge in [0.25, 0.3) is 6.10 Å². The van der Waals surface area contributed by atoms with Gasteiger partial charge in [0.2, 0.25) is 0 Å². The van der Waals surface area contributed by atoms with Gasteiger partial charge in [0.05, 0.1) is 12.5 Å². The third-order valence-corrected chi connectivity index (χ3v) is 2.08. The van der Waals surface area contributed by atoms with E-state index in [0.29, 0.717) is 0 Å². The molecule has 0 aliphatic carbocycles. The molecule has 0 aromatic heterocycles. The lowest BCUT2D eigenvalue weighted by molar-refractivity contribution is -0.234. The molecule has 2 aliphatic heterocycles. The summed E-state index contributed by atoms with van der Waals surface area (Å²) in [5.74, 6) is -1.08. The van der Waals surface area contributed by atoms with E-state index < -0.39 is 30.6 Å². The van der Waals surface area contributed by atoms with Gasteiger partial charge in [-0.2, -0.15) is 4.52 Å². The number of aliphatic carboxylic acids is 1. The molecule has 2 saturated heterocycles. The van der Waals surface area contributed by atoms with Crippen molar-refractivity contribution in [3.63, 3.8) is 0 Å². The molecule has 12 heavy (non-hydrogen) atoms. The van der Waals surface area contributed by atoms with Crippen molar-refractivity contribution in [2.45, 2.75) is 31.0 Å². The van der Waals surface area contributed by atoms with Gasteiger partial charge in [0, 0.05) is 0 Å². The number of carboxylic acids is 1. The van der Waals surface area contributed by atoms with Gasteiger partial charge in [-0.3, -0.25) is 0 Å². The summed E-state index contributed by atoms with van der Waals surface area (Å²) in [6.07, 6.45) is -3.70. The molecule has 4 atom stereocenters. The number of aliphatic hydroxyl groups excluding tert-OH is 2. The largest absolute Gasteiger partial charge is 0.475 e. The fraction of sp³-hybridized carbons (Fsp3) is 0.833. The number of fused-ring (bicyclic) bond motifs is 1. The summed E-state index contributed by atoms with van der Waals surface area (Å²) >= 11 is 0. The van der Waals surface area contributed by atoms with Crippen LogP contribution in [0.5, 0.6) is 0 Å². The summed E-state index contributed by atoms with van der Waals surface area (Å²) in [6, 6.07) is 0. The number of rotatable bonds is 1. The lowest BCUT2D eigenvalue weighted by Gasteiger charge is -2.17. The minimum atomic E-state index is -1.08. The predicted molar refractivity (Wildman–Crippen MR) is 34.0 cm³/mol. The monoisotopic (exact) mass is 177 g/mol. The van der Waals surface area contributed by atoms with E-state index in [-0.39, 0.29) is 6.42 Å². The first-order chi connectivity index (χ1) is 5.61. The van der Waals surface area contributed by atoms with Crippen LogP contribution in [0.25, 0.3) is 0 Å². The van der Waals surface area contributed by atoms with Gasteiger partial charge in [-0.1, -0.05) is 0 Å². The number of hydrogen-bond acceptors (Lipinski definition) is 4. The van der Waals surface area contributed by atoms with Crippen LogP contribution in [0.3, 0.4) is 0 Å². The maximum Gasteiger partial charge on any atom is 0.399 e. The Morgan fingerprint density at radius 1 is 1.50 bits per heavy atom. The van der Waals surface area contributed by atoms with Gasteiger partial charge in [0.1, 0.15) is 0 Å². The van der Waals surface area contributed by atoms with E-state index in [9.17, 15) is 4.79 Å². The van der Waals surface area contributed by atoms with Gasteiger partial charge >= 0.3 is 12.3 Å². The molecule has 0 saturated carbocycles. The highest BCUT2D eigenvalue weighted by molar-refractivity contribution is 5.72. The van der Waals surface area contributed by atoms with Crippen LogP contribution in [-0.2, 0) is 14.2 Å². The van der Waals surface area contributed by atoms with Crippen LogP contribution in [0, 0.1) is 0 Å². The minimum absolute atomic E-state index is 0.0301. The summed E-state index contributed by atoms with van der Waals surface area (Å²) in [4.78, 5) is 15.2. The first-order valence-electron chi connectivity index (χ1n) is 3.59. The summed E-state index contributed by atoms with van der Waals surface area (Å²) in [6.45, 7) is 0. The van der Waals surface area contributed by atoms with Crippen molar-refractivity contribution in [2.75, 3.05) is 0 Å². The van der Waals surface area contributed by atoms with E-state index in [4.69, 9.17) is 20.2 Å². The van der Waals surface area contributed by atoms with Crippen molar-refractivity contribution in [1.82, 2.24) is 0 Å². The molecule has 0 spiro atoms. The molecule has 0 unspecified atom stereocenters. The highest BCUT2D eigenvalue weighted by atomic mass is 17.5. The lowest BCUT2D eigenvalue weighted by Crippen LogP contribution is -2.44. The van der Waals surface area contributed by atoms with E-state index in [1.165, 1.54) is 0 Å². The summed E-state index contributed by atoms with van der Waals surface area (Å²) in [5, 5.41) is 26.9. The van der Waals surface area contributed by atoms with Gasteiger partial charge < -0.3 is 15.3 Å². The van der Waals surface area contributed by atoms with Crippen molar-refractivity contribution in [3.05, 3.63) is 0 Å². The molecule has 6 nitrogen and oxygen atoms in total. The molecule has 2 fully saturated rings. The van der Waals surface area contributed by atoms with Crippen molar-refractivity contribution in [1.29, 1.82) is 0 Å². The van der Waals surface area contributed by atoms with Gasteiger partial charge in [-0.25, -0.2) is 4.79 Å².